The number of rotatable bonds is 5. The SMILES string of the molecule is CC(C)(C)c1ccc(Oc2c(NCc3ccccc3)ccc3c2C(=O)c2ccccc2C3=O)cc1. The summed E-state index contributed by atoms with van der Waals surface area (Å²) in [6, 6.07) is 28.4. The predicted octanol–water partition coefficient (Wildman–Crippen LogP) is 7.16. The summed E-state index contributed by atoms with van der Waals surface area (Å²) in [5.41, 5.74) is 4.44. The molecule has 0 saturated carbocycles. The molecule has 0 fully saturated rings. The third-order valence-corrected chi connectivity index (χ3v) is 6.31. The molecule has 4 aromatic carbocycles. The number of benzene rings is 4. The van der Waals surface area contributed by atoms with Crippen molar-refractivity contribution >= 4 is 17.3 Å². The Morgan fingerprint density at radius 2 is 1.31 bits per heavy atom. The van der Waals surface area contributed by atoms with Gasteiger partial charge in [-0.1, -0.05) is 87.5 Å². The van der Waals surface area contributed by atoms with Crippen molar-refractivity contribution in [3.63, 3.8) is 0 Å². The first-order valence-electron chi connectivity index (χ1n) is 11.7. The van der Waals surface area contributed by atoms with E-state index in [-0.39, 0.29) is 17.0 Å². The van der Waals surface area contributed by atoms with Crippen LogP contribution in [0.5, 0.6) is 11.5 Å². The van der Waals surface area contributed by atoms with E-state index in [9.17, 15) is 9.59 Å². The van der Waals surface area contributed by atoms with Gasteiger partial charge in [0.05, 0.1) is 11.3 Å². The average molecular weight is 462 g/mol. The zero-order valence-electron chi connectivity index (χ0n) is 20.1. The Balaban J connectivity index is 1.59. The molecule has 0 aromatic heterocycles. The fraction of sp³-hybridized carbons (Fsp3) is 0.161. The standard InChI is InChI=1S/C31H27NO3/c1-31(2,3)21-13-15-22(16-14-21)35-30-26(32-19-20-9-5-4-6-10-20)18-17-25-27(30)29(34)24-12-8-7-11-23(24)28(25)33/h4-18,32H,19H2,1-3H3. The maximum absolute atomic E-state index is 13.6. The van der Waals surface area contributed by atoms with E-state index >= 15 is 0 Å². The minimum absolute atomic E-state index is 0.0128. The van der Waals surface area contributed by atoms with Crippen molar-refractivity contribution in [1.29, 1.82) is 0 Å². The van der Waals surface area contributed by atoms with Crippen molar-refractivity contribution in [3.05, 3.63) is 124 Å². The third-order valence-electron chi connectivity index (χ3n) is 6.31. The van der Waals surface area contributed by atoms with Gasteiger partial charge in [-0.25, -0.2) is 0 Å². The lowest BCUT2D eigenvalue weighted by Crippen LogP contribution is -2.22. The molecule has 174 valence electrons. The van der Waals surface area contributed by atoms with Gasteiger partial charge in [-0.15, -0.1) is 0 Å². The van der Waals surface area contributed by atoms with Crippen LogP contribution in [0.4, 0.5) is 5.69 Å². The Hall–Kier alpha value is -4.18. The summed E-state index contributed by atoms with van der Waals surface area (Å²) in [6.07, 6.45) is 0. The summed E-state index contributed by atoms with van der Waals surface area (Å²) < 4.78 is 6.36. The van der Waals surface area contributed by atoms with Crippen molar-refractivity contribution in [2.24, 2.45) is 0 Å². The summed E-state index contributed by atoms with van der Waals surface area (Å²) in [5.74, 6) is 0.598. The summed E-state index contributed by atoms with van der Waals surface area (Å²) in [7, 11) is 0. The molecule has 1 N–H and O–H groups in total. The monoisotopic (exact) mass is 461 g/mol. The largest absolute Gasteiger partial charge is 0.454 e. The molecule has 1 aliphatic carbocycles. The molecular formula is C31H27NO3. The number of ketones is 2. The lowest BCUT2D eigenvalue weighted by Gasteiger charge is -2.23. The van der Waals surface area contributed by atoms with Gasteiger partial charge in [0.15, 0.2) is 17.3 Å². The van der Waals surface area contributed by atoms with E-state index in [1.807, 2.05) is 60.7 Å². The third kappa shape index (κ3) is 4.35. The maximum atomic E-state index is 13.6. The van der Waals surface area contributed by atoms with Crippen LogP contribution in [-0.2, 0) is 12.0 Å². The molecule has 4 aromatic rings. The van der Waals surface area contributed by atoms with Crippen LogP contribution in [0.2, 0.25) is 0 Å². The molecule has 0 spiro atoms. The maximum Gasteiger partial charge on any atom is 0.198 e. The van der Waals surface area contributed by atoms with Crippen molar-refractivity contribution in [3.8, 4) is 11.5 Å². The summed E-state index contributed by atoms with van der Waals surface area (Å²) in [6.45, 7) is 7.02. The number of nitrogens with one attached hydrogen (secondary N) is 1. The molecule has 0 unspecified atom stereocenters. The summed E-state index contributed by atoms with van der Waals surface area (Å²) in [4.78, 5) is 26.9. The second-order valence-electron chi connectivity index (χ2n) is 9.78. The van der Waals surface area contributed by atoms with Gasteiger partial charge in [0.25, 0.3) is 0 Å². The first-order chi connectivity index (χ1) is 16.8. The van der Waals surface area contributed by atoms with Gasteiger partial charge in [0, 0.05) is 23.2 Å². The van der Waals surface area contributed by atoms with Gasteiger partial charge < -0.3 is 10.1 Å². The minimum Gasteiger partial charge on any atom is -0.454 e. The Morgan fingerprint density at radius 3 is 1.97 bits per heavy atom. The minimum atomic E-state index is -0.208. The van der Waals surface area contributed by atoms with Gasteiger partial charge in [0.1, 0.15) is 5.75 Å². The second-order valence-corrected chi connectivity index (χ2v) is 9.78. The van der Waals surface area contributed by atoms with E-state index in [4.69, 9.17) is 4.74 Å². The van der Waals surface area contributed by atoms with Crippen LogP contribution in [0.25, 0.3) is 0 Å². The van der Waals surface area contributed by atoms with Crippen LogP contribution >= 0.6 is 0 Å². The number of hydrogen-bond donors (Lipinski definition) is 1. The van der Waals surface area contributed by atoms with Crippen molar-refractivity contribution in [2.45, 2.75) is 32.7 Å². The predicted molar refractivity (Wildman–Crippen MR) is 139 cm³/mol. The molecule has 35 heavy (non-hydrogen) atoms. The van der Waals surface area contributed by atoms with E-state index in [0.717, 1.165) is 5.56 Å². The number of anilines is 1. The molecule has 5 rings (SSSR count). The van der Waals surface area contributed by atoms with Crippen molar-refractivity contribution in [2.75, 3.05) is 5.32 Å². The van der Waals surface area contributed by atoms with Crippen LogP contribution in [-0.4, -0.2) is 11.6 Å². The molecule has 0 amide bonds. The number of fused-ring (bicyclic) bond motifs is 2. The van der Waals surface area contributed by atoms with Crippen LogP contribution in [0.15, 0.2) is 91.0 Å². The zero-order valence-corrected chi connectivity index (χ0v) is 20.1. The molecule has 0 atom stereocenters. The Morgan fingerprint density at radius 1 is 0.686 bits per heavy atom. The van der Waals surface area contributed by atoms with Crippen molar-refractivity contribution in [1.82, 2.24) is 0 Å². The highest BCUT2D eigenvalue weighted by atomic mass is 16.5. The quantitative estimate of drug-likeness (QED) is 0.302. The topological polar surface area (TPSA) is 55.4 Å². The molecular weight excluding hydrogens is 434 g/mol. The summed E-state index contributed by atoms with van der Waals surface area (Å²) in [5, 5.41) is 3.41. The Bertz CT molecular complexity index is 1410. The highest BCUT2D eigenvalue weighted by Gasteiger charge is 2.33. The number of ether oxygens (including phenoxy) is 1. The smallest absolute Gasteiger partial charge is 0.198 e. The van der Waals surface area contributed by atoms with E-state index < -0.39 is 0 Å². The lowest BCUT2D eigenvalue weighted by molar-refractivity contribution is 0.0977. The zero-order chi connectivity index (χ0) is 24.6. The fourth-order valence-corrected chi connectivity index (χ4v) is 4.34. The van der Waals surface area contributed by atoms with E-state index in [2.05, 4.69) is 26.1 Å². The van der Waals surface area contributed by atoms with Crippen LogP contribution in [0.1, 0.15) is 63.7 Å². The molecule has 0 aliphatic heterocycles. The van der Waals surface area contributed by atoms with Crippen molar-refractivity contribution < 1.29 is 14.3 Å². The van der Waals surface area contributed by atoms with Crippen LogP contribution < -0.4 is 10.1 Å². The number of carbonyl (C=O) groups excluding carboxylic acids is 2. The van der Waals surface area contributed by atoms with E-state index in [1.54, 1.807) is 30.3 Å². The molecule has 4 heteroatoms. The first-order valence-corrected chi connectivity index (χ1v) is 11.7. The molecule has 1 aliphatic rings. The molecule has 4 nitrogen and oxygen atoms in total. The van der Waals surface area contributed by atoms with E-state index in [1.165, 1.54) is 5.56 Å². The van der Waals surface area contributed by atoms with Gasteiger partial charge in [-0.05, 0) is 40.8 Å². The fourth-order valence-electron chi connectivity index (χ4n) is 4.34. The Kier molecular flexibility index (Phi) is 5.73. The van der Waals surface area contributed by atoms with Gasteiger partial charge >= 0.3 is 0 Å². The van der Waals surface area contributed by atoms with Gasteiger partial charge in [-0.2, -0.15) is 0 Å². The van der Waals surface area contributed by atoms with Gasteiger partial charge in [-0.3, -0.25) is 9.59 Å². The second kappa shape index (κ2) is 8.88. The highest BCUT2D eigenvalue weighted by Crippen LogP contribution is 2.41. The van der Waals surface area contributed by atoms with Gasteiger partial charge in [0.2, 0.25) is 0 Å². The number of hydrogen-bond acceptors (Lipinski definition) is 4. The summed E-state index contributed by atoms with van der Waals surface area (Å²) >= 11 is 0. The normalized spacial score (nSPS) is 12.7. The van der Waals surface area contributed by atoms with Crippen LogP contribution in [0.3, 0.4) is 0 Å². The molecule has 0 saturated heterocycles. The molecule has 0 bridgehead atoms. The highest BCUT2D eigenvalue weighted by molar-refractivity contribution is 6.29. The first kappa shape index (κ1) is 22.6. The van der Waals surface area contributed by atoms with E-state index in [0.29, 0.717) is 46.0 Å². The Labute approximate surface area is 205 Å². The molecule has 0 heterocycles. The molecule has 0 radical (unpaired) electrons. The van der Waals surface area contributed by atoms with Crippen LogP contribution in [0, 0.1) is 0 Å². The lowest BCUT2D eigenvalue weighted by atomic mass is 9.83. The average Bonchev–Trinajstić information content (AvgIpc) is 2.87. The number of carbonyl (C=O) groups is 2.